The number of aryl methyl sites for hydroxylation is 1. The highest BCUT2D eigenvalue weighted by Gasteiger charge is 2.41. The molecule has 1 aromatic rings. The van der Waals surface area contributed by atoms with Crippen LogP contribution in [0.1, 0.15) is 41.6 Å². The van der Waals surface area contributed by atoms with Gasteiger partial charge >= 0.3 is 5.97 Å². The van der Waals surface area contributed by atoms with Crippen molar-refractivity contribution >= 4 is 11.9 Å². The number of phenols is 1. The van der Waals surface area contributed by atoms with Gasteiger partial charge < -0.3 is 15.5 Å². The van der Waals surface area contributed by atoms with Crippen molar-refractivity contribution in [1.82, 2.24) is 5.32 Å². The highest BCUT2D eigenvalue weighted by molar-refractivity contribution is 5.95. The van der Waals surface area contributed by atoms with Crippen LogP contribution >= 0.6 is 0 Å². The zero-order valence-electron chi connectivity index (χ0n) is 11.5. The second-order valence-corrected chi connectivity index (χ2v) is 5.48. The van der Waals surface area contributed by atoms with Crippen molar-refractivity contribution in [3.63, 3.8) is 0 Å². The van der Waals surface area contributed by atoms with Gasteiger partial charge in [-0.2, -0.15) is 0 Å². The molecule has 1 fully saturated rings. The van der Waals surface area contributed by atoms with E-state index >= 15 is 0 Å². The monoisotopic (exact) mass is 277 g/mol. The van der Waals surface area contributed by atoms with Gasteiger partial charge in [-0.15, -0.1) is 0 Å². The summed E-state index contributed by atoms with van der Waals surface area (Å²) in [5.41, 5.74) is 0.202. The number of carboxylic acids is 1. The number of carboxylic acid groups (broad SMARTS) is 1. The van der Waals surface area contributed by atoms with Gasteiger partial charge in [0.2, 0.25) is 0 Å². The minimum Gasteiger partial charge on any atom is -0.508 e. The Labute approximate surface area is 117 Å². The molecule has 5 heteroatoms. The maximum absolute atomic E-state index is 12.0. The third kappa shape index (κ3) is 2.76. The van der Waals surface area contributed by atoms with Crippen LogP contribution in [0.2, 0.25) is 0 Å². The van der Waals surface area contributed by atoms with Crippen molar-refractivity contribution in [3.05, 3.63) is 29.3 Å². The summed E-state index contributed by atoms with van der Waals surface area (Å²) in [7, 11) is 0. The Hall–Kier alpha value is -2.04. The van der Waals surface area contributed by atoms with E-state index in [1.54, 1.807) is 19.1 Å². The number of nitrogens with one attached hydrogen (secondary N) is 1. The van der Waals surface area contributed by atoms with Gasteiger partial charge in [0.25, 0.3) is 5.91 Å². The van der Waals surface area contributed by atoms with Crippen molar-refractivity contribution in [2.75, 3.05) is 6.54 Å². The largest absolute Gasteiger partial charge is 0.508 e. The van der Waals surface area contributed by atoms with E-state index in [-0.39, 0.29) is 18.2 Å². The van der Waals surface area contributed by atoms with Crippen molar-refractivity contribution < 1.29 is 19.8 Å². The van der Waals surface area contributed by atoms with Gasteiger partial charge in [-0.3, -0.25) is 9.59 Å². The van der Waals surface area contributed by atoms with Gasteiger partial charge in [-0.25, -0.2) is 0 Å². The van der Waals surface area contributed by atoms with Crippen LogP contribution in [0.3, 0.4) is 0 Å². The van der Waals surface area contributed by atoms with Crippen molar-refractivity contribution in [2.24, 2.45) is 5.41 Å². The number of amides is 1. The third-order valence-electron chi connectivity index (χ3n) is 4.07. The molecule has 1 amide bonds. The van der Waals surface area contributed by atoms with Crippen molar-refractivity contribution in [1.29, 1.82) is 0 Å². The number of benzene rings is 1. The minimum atomic E-state index is -0.845. The summed E-state index contributed by atoms with van der Waals surface area (Å²) in [6.45, 7) is 1.88. The molecule has 108 valence electrons. The number of rotatable bonds is 4. The van der Waals surface area contributed by atoms with Gasteiger partial charge in [0.1, 0.15) is 5.75 Å². The summed E-state index contributed by atoms with van der Waals surface area (Å²) >= 11 is 0. The Kier molecular flexibility index (Phi) is 3.97. The lowest BCUT2D eigenvalue weighted by molar-refractivity contribution is -0.148. The van der Waals surface area contributed by atoms with Gasteiger partial charge in [0.05, 0.1) is 5.41 Å². The average molecular weight is 277 g/mol. The number of carbonyl (C=O) groups is 2. The molecule has 0 unspecified atom stereocenters. The van der Waals surface area contributed by atoms with E-state index in [0.717, 1.165) is 12.8 Å². The van der Waals surface area contributed by atoms with E-state index in [4.69, 9.17) is 0 Å². The lowest BCUT2D eigenvalue weighted by atomic mass is 9.86. The number of hydrogen-bond acceptors (Lipinski definition) is 3. The van der Waals surface area contributed by atoms with Gasteiger partial charge in [0.15, 0.2) is 0 Å². The third-order valence-corrected chi connectivity index (χ3v) is 4.07. The van der Waals surface area contributed by atoms with Crippen LogP contribution in [0.4, 0.5) is 0 Å². The van der Waals surface area contributed by atoms with Crippen LogP contribution in [-0.2, 0) is 4.79 Å². The number of hydrogen-bond donors (Lipinski definition) is 3. The van der Waals surface area contributed by atoms with Crippen LogP contribution in [0, 0.1) is 12.3 Å². The second-order valence-electron chi connectivity index (χ2n) is 5.48. The first-order valence-electron chi connectivity index (χ1n) is 6.76. The van der Waals surface area contributed by atoms with E-state index in [9.17, 15) is 19.8 Å². The lowest BCUT2D eigenvalue weighted by Crippen LogP contribution is -2.41. The summed E-state index contributed by atoms with van der Waals surface area (Å²) in [5.74, 6) is -1.14. The molecule has 0 heterocycles. The molecule has 0 saturated heterocycles. The molecule has 20 heavy (non-hydrogen) atoms. The predicted octanol–water partition coefficient (Wildman–Crippen LogP) is 2.08. The number of carbonyl (C=O) groups excluding carboxylic acids is 1. The Bertz CT molecular complexity index is 533. The topological polar surface area (TPSA) is 86.6 Å². The summed E-state index contributed by atoms with van der Waals surface area (Å²) in [4.78, 5) is 23.4. The Morgan fingerprint density at radius 1 is 1.30 bits per heavy atom. The SMILES string of the molecule is Cc1ccc(C(=O)NCC2(C(=O)O)CCCC2)cc1O. The molecule has 0 spiro atoms. The smallest absolute Gasteiger partial charge is 0.311 e. The maximum Gasteiger partial charge on any atom is 0.311 e. The zero-order valence-corrected chi connectivity index (χ0v) is 11.5. The van der Waals surface area contributed by atoms with E-state index in [1.807, 2.05) is 0 Å². The van der Waals surface area contributed by atoms with E-state index < -0.39 is 11.4 Å². The van der Waals surface area contributed by atoms with E-state index in [1.165, 1.54) is 6.07 Å². The molecular weight excluding hydrogens is 258 g/mol. The molecule has 0 atom stereocenters. The van der Waals surface area contributed by atoms with Gasteiger partial charge in [0, 0.05) is 12.1 Å². The van der Waals surface area contributed by atoms with Crippen LogP contribution in [0.15, 0.2) is 18.2 Å². The summed E-state index contributed by atoms with van der Waals surface area (Å²) in [6, 6.07) is 4.67. The fraction of sp³-hybridized carbons (Fsp3) is 0.467. The number of aliphatic carboxylic acids is 1. The molecule has 2 rings (SSSR count). The first-order valence-corrected chi connectivity index (χ1v) is 6.76. The van der Waals surface area contributed by atoms with Crippen LogP contribution in [0.5, 0.6) is 5.75 Å². The quantitative estimate of drug-likeness (QED) is 0.786. The molecule has 0 bridgehead atoms. The van der Waals surface area contributed by atoms with Crippen molar-refractivity contribution in [3.8, 4) is 5.75 Å². The standard InChI is InChI=1S/C15H19NO4/c1-10-4-5-11(8-12(10)17)13(18)16-9-15(14(19)20)6-2-3-7-15/h4-5,8,17H,2-3,6-7,9H2,1H3,(H,16,18)(H,19,20). The first kappa shape index (κ1) is 14.4. The summed E-state index contributed by atoms with van der Waals surface area (Å²) in [6.07, 6.45) is 2.96. The molecule has 0 radical (unpaired) electrons. The molecule has 1 saturated carbocycles. The molecule has 0 aromatic heterocycles. The van der Waals surface area contributed by atoms with Gasteiger partial charge in [-0.05, 0) is 37.5 Å². The number of phenolic OH excluding ortho intramolecular Hbond substituents is 1. The fourth-order valence-electron chi connectivity index (χ4n) is 2.62. The molecular formula is C15H19NO4. The Morgan fingerprint density at radius 2 is 1.95 bits per heavy atom. The number of aromatic hydroxyl groups is 1. The lowest BCUT2D eigenvalue weighted by Gasteiger charge is -2.24. The molecule has 1 aromatic carbocycles. The molecule has 1 aliphatic carbocycles. The predicted molar refractivity (Wildman–Crippen MR) is 73.7 cm³/mol. The van der Waals surface area contributed by atoms with Gasteiger partial charge in [-0.1, -0.05) is 18.9 Å². The summed E-state index contributed by atoms with van der Waals surface area (Å²) in [5, 5.41) is 21.6. The van der Waals surface area contributed by atoms with Crippen LogP contribution in [-0.4, -0.2) is 28.6 Å². The van der Waals surface area contributed by atoms with Crippen molar-refractivity contribution in [2.45, 2.75) is 32.6 Å². The van der Waals surface area contributed by atoms with Crippen LogP contribution < -0.4 is 5.32 Å². The second kappa shape index (κ2) is 5.53. The average Bonchev–Trinajstić information content (AvgIpc) is 2.89. The molecule has 0 aliphatic heterocycles. The Morgan fingerprint density at radius 3 is 2.50 bits per heavy atom. The van der Waals surface area contributed by atoms with Crippen LogP contribution in [0.25, 0.3) is 0 Å². The fourth-order valence-corrected chi connectivity index (χ4v) is 2.62. The maximum atomic E-state index is 12.0. The van der Waals surface area contributed by atoms with E-state index in [0.29, 0.717) is 24.0 Å². The molecule has 1 aliphatic rings. The van der Waals surface area contributed by atoms with E-state index in [2.05, 4.69) is 5.32 Å². The normalized spacial score (nSPS) is 16.9. The first-order chi connectivity index (χ1) is 9.44. The Balaban J connectivity index is 2.04. The minimum absolute atomic E-state index is 0.0615. The highest BCUT2D eigenvalue weighted by atomic mass is 16.4. The zero-order chi connectivity index (χ0) is 14.8. The molecule has 3 N–H and O–H groups in total. The highest BCUT2D eigenvalue weighted by Crippen LogP contribution is 2.37. The molecule has 5 nitrogen and oxygen atoms in total. The summed E-state index contributed by atoms with van der Waals surface area (Å²) < 4.78 is 0.